The van der Waals surface area contributed by atoms with Crippen LogP contribution in [0.2, 0.25) is 0 Å². The number of nitrogens with one attached hydrogen (secondary N) is 1. The monoisotopic (exact) mass is 234 g/mol. The van der Waals surface area contributed by atoms with E-state index in [-0.39, 0.29) is 16.1 Å². The molecule has 0 fully saturated rings. The molecule has 0 bridgehead atoms. The molecule has 0 aliphatic carbocycles. The second kappa shape index (κ2) is 4.35. The SMILES string of the molecule is CCC1(CC)CCc2ccc([N+](=O)[O-])cc2N1. The molecule has 1 aliphatic rings. The molecule has 92 valence electrons. The number of nitrogens with zero attached hydrogens (tertiary/aromatic N) is 1. The van der Waals surface area contributed by atoms with Crippen molar-refractivity contribution in [1.29, 1.82) is 0 Å². The van der Waals surface area contributed by atoms with Crippen LogP contribution in [0.4, 0.5) is 11.4 Å². The van der Waals surface area contributed by atoms with Crippen LogP contribution in [0.5, 0.6) is 0 Å². The zero-order valence-corrected chi connectivity index (χ0v) is 10.3. The predicted octanol–water partition coefficient (Wildman–Crippen LogP) is 3.51. The van der Waals surface area contributed by atoms with Gasteiger partial charge in [0.25, 0.3) is 5.69 Å². The van der Waals surface area contributed by atoms with Gasteiger partial charge in [-0.15, -0.1) is 0 Å². The molecule has 0 unspecified atom stereocenters. The molecule has 1 aromatic rings. The highest BCUT2D eigenvalue weighted by molar-refractivity contribution is 5.60. The maximum absolute atomic E-state index is 10.8. The fraction of sp³-hybridized carbons (Fsp3) is 0.538. The summed E-state index contributed by atoms with van der Waals surface area (Å²) in [6.45, 7) is 4.33. The van der Waals surface area contributed by atoms with Crippen molar-refractivity contribution in [3.05, 3.63) is 33.9 Å². The Kier molecular flexibility index (Phi) is 3.05. The molecule has 4 heteroatoms. The Labute approximate surface area is 101 Å². The number of nitro groups is 1. The molecule has 1 aliphatic heterocycles. The van der Waals surface area contributed by atoms with Crippen LogP contribution in [0.1, 0.15) is 38.7 Å². The highest BCUT2D eigenvalue weighted by Crippen LogP contribution is 2.36. The zero-order valence-electron chi connectivity index (χ0n) is 10.3. The molecule has 17 heavy (non-hydrogen) atoms. The van der Waals surface area contributed by atoms with Crippen molar-refractivity contribution >= 4 is 11.4 Å². The first-order valence-corrected chi connectivity index (χ1v) is 6.16. The summed E-state index contributed by atoms with van der Waals surface area (Å²) in [5.74, 6) is 0. The second-order valence-corrected chi connectivity index (χ2v) is 4.71. The van der Waals surface area contributed by atoms with Crippen molar-refractivity contribution in [2.45, 2.75) is 45.1 Å². The molecule has 2 rings (SSSR count). The number of hydrogen-bond donors (Lipinski definition) is 1. The number of benzene rings is 1. The van der Waals surface area contributed by atoms with Gasteiger partial charge < -0.3 is 5.32 Å². The van der Waals surface area contributed by atoms with Crippen molar-refractivity contribution in [2.75, 3.05) is 5.32 Å². The standard InChI is InChI=1S/C13H18N2O2/c1-3-13(4-2)8-7-10-5-6-11(15(16)17)9-12(10)14-13/h5-6,9,14H,3-4,7-8H2,1-2H3. The number of aryl methyl sites for hydroxylation is 1. The van der Waals surface area contributed by atoms with E-state index >= 15 is 0 Å². The number of rotatable bonds is 3. The van der Waals surface area contributed by atoms with Gasteiger partial charge in [0.2, 0.25) is 0 Å². The predicted molar refractivity (Wildman–Crippen MR) is 68.4 cm³/mol. The highest BCUT2D eigenvalue weighted by Gasteiger charge is 2.30. The van der Waals surface area contributed by atoms with Gasteiger partial charge in [-0.3, -0.25) is 10.1 Å². The molecule has 0 saturated carbocycles. The van der Waals surface area contributed by atoms with Gasteiger partial charge in [-0.25, -0.2) is 0 Å². The maximum Gasteiger partial charge on any atom is 0.271 e. The topological polar surface area (TPSA) is 55.2 Å². The van der Waals surface area contributed by atoms with Gasteiger partial charge in [0.1, 0.15) is 0 Å². The quantitative estimate of drug-likeness (QED) is 0.643. The van der Waals surface area contributed by atoms with E-state index in [4.69, 9.17) is 0 Å². The van der Waals surface area contributed by atoms with E-state index in [0.717, 1.165) is 31.4 Å². The molecule has 0 aromatic heterocycles. The molecular formula is C13H18N2O2. The second-order valence-electron chi connectivity index (χ2n) is 4.71. The van der Waals surface area contributed by atoms with E-state index in [2.05, 4.69) is 19.2 Å². The molecule has 1 N–H and O–H groups in total. The molecule has 0 spiro atoms. The summed E-state index contributed by atoms with van der Waals surface area (Å²) in [6, 6.07) is 5.12. The Hall–Kier alpha value is -1.58. The van der Waals surface area contributed by atoms with E-state index in [9.17, 15) is 10.1 Å². The van der Waals surface area contributed by atoms with E-state index in [1.165, 1.54) is 5.56 Å². The van der Waals surface area contributed by atoms with Crippen LogP contribution in [0.15, 0.2) is 18.2 Å². The number of nitro benzene ring substituents is 1. The molecule has 0 amide bonds. The minimum absolute atomic E-state index is 0.113. The van der Waals surface area contributed by atoms with E-state index in [1.807, 2.05) is 6.07 Å². The lowest BCUT2D eigenvalue weighted by atomic mass is 9.82. The lowest BCUT2D eigenvalue weighted by Gasteiger charge is -2.38. The number of hydrogen-bond acceptors (Lipinski definition) is 3. The summed E-state index contributed by atoms with van der Waals surface area (Å²) in [5, 5.41) is 14.3. The molecule has 4 nitrogen and oxygen atoms in total. The summed E-state index contributed by atoms with van der Waals surface area (Å²) in [7, 11) is 0. The first kappa shape index (κ1) is 11.9. The third kappa shape index (κ3) is 2.12. The lowest BCUT2D eigenvalue weighted by molar-refractivity contribution is -0.384. The summed E-state index contributed by atoms with van der Waals surface area (Å²) in [4.78, 5) is 10.4. The van der Waals surface area contributed by atoms with Crippen LogP contribution in [-0.2, 0) is 6.42 Å². The Bertz CT molecular complexity index is 439. The van der Waals surface area contributed by atoms with E-state index in [0.29, 0.717) is 0 Å². The number of fused-ring (bicyclic) bond motifs is 1. The number of anilines is 1. The Morgan fingerprint density at radius 3 is 2.71 bits per heavy atom. The van der Waals surface area contributed by atoms with Gasteiger partial charge in [-0.1, -0.05) is 19.9 Å². The van der Waals surface area contributed by atoms with Crippen molar-refractivity contribution in [2.24, 2.45) is 0 Å². The lowest BCUT2D eigenvalue weighted by Crippen LogP contribution is -2.40. The van der Waals surface area contributed by atoms with Crippen molar-refractivity contribution in [3.63, 3.8) is 0 Å². The van der Waals surface area contributed by atoms with Crippen LogP contribution in [-0.4, -0.2) is 10.5 Å². The van der Waals surface area contributed by atoms with E-state index in [1.54, 1.807) is 12.1 Å². The zero-order chi connectivity index (χ0) is 12.5. The summed E-state index contributed by atoms with van der Waals surface area (Å²) >= 11 is 0. The summed E-state index contributed by atoms with van der Waals surface area (Å²) in [5.41, 5.74) is 2.41. The Morgan fingerprint density at radius 1 is 1.41 bits per heavy atom. The Morgan fingerprint density at radius 2 is 2.12 bits per heavy atom. The fourth-order valence-corrected chi connectivity index (χ4v) is 2.51. The largest absolute Gasteiger partial charge is 0.379 e. The Balaban J connectivity index is 2.35. The molecule has 1 aromatic carbocycles. The van der Waals surface area contributed by atoms with Crippen LogP contribution >= 0.6 is 0 Å². The third-order valence-electron chi connectivity index (χ3n) is 3.93. The van der Waals surface area contributed by atoms with Gasteiger partial charge in [-0.05, 0) is 31.2 Å². The molecule has 0 radical (unpaired) electrons. The van der Waals surface area contributed by atoms with Gasteiger partial charge in [0, 0.05) is 23.4 Å². The van der Waals surface area contributed by atoms with Gasteiger partial charge >= 0.3 is 0 Å². The van der Waals surface area contributed by atoms with Crippen LogP contribution in [0.25, 0.3) is 0 Å². The molecule has 0 atom stereocenters. The smallest absolute Gasteiger partial charge is 0.271 e. The van der Waals surface area contributed by atoms with Gasteiger partial charge in [-0.2, -0.15) is 0 Å². The normalized spacial score (nSPS) is 17.1. The minimum Gasteiger partial charge on any atom is -0.379 e. The van der Waals surface area contributed by atoms with Gasteiger partial charge in [0.15, 0.2) is 0 Å². The van der Waals surface area contributed by atoms with Crippen molar-refractivity contribution < 1.29 is 4.92 Å². The first-order valence-electron chi connectivity index (χ1n) is 6.16. The fourth-order valence-electron chi connectivity index (χ4n) is 2.51. The van der Waals surface area contributed by atoms with Crippen molar-refractivity contribution in [1.82, 2.24) is 0 Å². The maximum atomic E-state index is 10.8. The minimum atomic E-state index is -0.337. The molecular weight excluding hydrogens is 216 g/mol. The molecule has 1 heterocycles. The third-order valence-corrected chi connectivity index (χ3v) is 3.93. The van der Waals surface area contributed by atoms with Crippen LogP contribution in [0.3, 0.4) is 0 Å². The first-order chi connectivity index (χ1) is 8.10. The average molecular weight is 234 g/mol. The summed E-state index contributed by atoms with van der Waals surface area (Å²) in [6.07, 6.45) is 4.20. The number of non-ortho nitro benzene ring substituents is 1. The highest BCUT2D eigenvalue weighted by atomic mass is 16.6. The van der Waals surface area contributed by atoms with Crippen LogP contribution in [0, 0.1) is 10.1 Å². The van der Waals surface area contributed by atoms with Crippen molar-refractivity contribution in [3.8, 4) is 0 Å². The molecule has 0 saturated heterocycles. The van der Waals surface area contributed by atoms with Gasteiger partial charge in [0.05, 0.1) is 4.92 Å². The van der Waals surface area contributed by atoms with E-state index < -0.39 is 0 Å². The summed E-state index contributed by atoms with van der Waals surface area (Å²) < 4.78 is 0. The van der Waals surface area contributed by atoms with Crippen LogP contribution < -0.4 is 5.32 Å². The average Bonchev–Trinajstić information content (AvgIpc) is 2.37.